The number of carbonyl (C=O) groups is 5. The van der Waals surface area contributed by atoms with Crippen LogP contribution in [0.2, 0.25) is 0 Å². The minimum absolute atomic E-state index is 0.0440. The first kappa shape index (κ1) is 34.2. The molecular weight excluding hydrogens is 592 g/mol. The smallest absolute Gasteiger partial charge is 0.255 e. The van der Waals surface area contributed by atoms with E-state index in [1.165, 1.54) is 12.1 Å². The van der Waals surface area contributed by atoms with Crippen LogP contribution < -0.4 is 26.0 Å². The molecule has 46 heavy (non-hydrogen) atoms. The highest BCUT2D eigenvalue weighted by atomic mass is 16.5. The lowest BCUT2D eigenvalue weighted by atomic mass is 10.0. The maximum Gasteiger partial charge on any atom is 0.255 e. The summed E-state index contributed by atoms with van der Waals surface area (Å²) in [6, 6.07) is 9.50. The van der Waals surface area contributed by atoms with Crippen LogP contribution in [0.4, 0.5) is 0 Å². The first-order valence-corrected chi connectivity index (χ1v) is 15.7. The third kappa shape index (κ3) is 9.19. The Hall–Kier alpha value is -4.65. The number of benzene rings is 2. The van der Waals surface area contributed by atoms with E-state index in [1.807, 2.05) is 6.92 Å². The normalized spacial score (nSPS) is 22.4. The Balaban J connectivity index is 1.65. The van der Waals surface area contributed by atoms with Crippen LogP contribution >= 0.6 is 0 Å². The zero-order chi connectivity index (χ0) is 33.2. The molecule has 13 heteroatoms. The van der Waals surface area contributed by atoms with Crippen molar-refractivity contribution in [2.24, 2.45) is 5.92 Å². The van der Waals surface area contributed by atoms with Crippen molar-refractivity contribution in [1.82, 2.24) is 31.1 Å². The summed E-state index contributed by atoms with van der Waals surface area (Å²) in [7, 11) is 0. The molecule has 4 rings (SSSR count). The van der Waals surface area contributed by atoms with Gasteiger partial charge in [0.1, 0.15) is 36.2 Å². The van der Waals surface area contributed by atoms with Gasteiger partial charge in [-0.15, -0.1) is 0 Å². The molecule has 0 unspecified atom stereocenters. The van der Waals surface area contributed by atoms with E-state index in [0.29, 0.717) is 31.7 Å². The lowest BCUT2D eigenvalue weighted by Gasteiger charge is -2.36. The van der Waals surface area contributed by atoms with E-state index in [0.717, 1.165) is 6.54 Å². The summed E-state index contributed by atoms with van der Waals surface area (Å²) in [4.78, 5) is 71.5. The number of phenols is 1. The summed E-state index contributed by atoms with van der Waals surface area (Å²) in [6.07, 6.45) is -0.371. The number of fused-ring (bicyclic) bond motifs is 1. The Morgan fingerprint density at radius 1 is 0.935 bits per heavy atom. The quantitative estimate of drug-likeness (QED) is 0.315. The molecule has 2 aromatic carbocycles. The van der Waals surface area contributed by atoms with Gasteiger partial charge >= 0.3 is 0 Å². The third-order valence-electron chi connectivity index (χ3n) is 8.19. The SMILES string of the molecule is CCN1CCN(C(=O)[C@@H]2CC(=O)N[C@@H](Cc3ccc(O)cc3)C(=O)N[C@H](C(C)C)C(=O)NCCOc3ccccc3C(=O)N2)CC1. The number of nitrogens with one attached hydrogen (secondary N) is 4. The molecule has 0 radical (unpaired) electrons. The molecule has 0 spiro atoms. The third-order valence-corrected chi connectivity index (χ3v) is 8.19. The predicted octanol–water partition coefficient (Wildman–Crippen LogP) is 0.422. The largest absolute Gasteiger partial charge is 0.508 e. The van der Waals surface area contributed by atoms with Gasteiger partial charge in [-0.2, -0.15) is 0 Å². The van der Waals surface area contributed by atoms with Crippen LogP contribution in [0, 0.1) is 5.92 Å². The van der Waals surface area contributed by atoms with Gasteiger partial charge in [0, 0.05) is 32.6 Å². The Morgan fingerprint density at radius 3 is 2.30 bits per heavy atom. The molecule has 13 nitrogen and oxygen atoms in total. The molecule has 2 heterocycles. The number of rotatable bonds is 5. The zero-order valence-electron chi connectivity index (χ0n) is 26.6. The molecule has 248 valence electrons. The van der Waals surface area contributed by atoms with E-state index in [1.54, 1.807) is 55.1 Å². The molecule has 2 aliphatic heterocycles. The Bertz CT molecular complexity index is 1390. The van der Waals surface area contributed by atoms with Crippen molar-refractivity contribution in [3.05, 3.63) is 59.7 Å². The number of amides is 5. The number of hydrogen-bond acceptors (Lipinski definition) is 8. The molecule has 2 aromatic rings. The fourth-order valence-corrected chi connectivity index (χ4v) is 5.47. The minimum Gasteiger partial charge on any atom is -0.508 e. The van der Waals surface area contributed by atoms with Gasteiger partial charge in [-0.05, 0) is 42.3 Å². The number of ether oxygens (including phenoxy) is 1. The van der Waals surface area contributed by atoms with Gasteiger partial charge in [0.25, 0.3) is 5.91 Å². The van der Waals surface area contributed by atoms with Crippen molar-refractivity contribution < 1.29 is 33.8 Å². The maximum atomic E-state index is 13.8. The van der Waals surface area contributed by atoms with E-state index in [9.17, 15) is 29.1 Å². The number of likely N-dealkylation sites (N-methyl/N-ethyl adjacent to an activating group) is 1. The van der Waals surface area contributed by atoms with Gasteiger partial charge in [-0.3, -0.25) is 24.0 Å². The lowest BCUT2D eigenvalue weighted by Crippen LogP contribution is -2.58. The van der Waals surface area contributed by atoms with E-state index >= 15 is 0 Å². The Labute approximate surface area is 269 Å². The monoisotopic (exact) mass is 636 g/mol. The molecule has 1 fully saturated rings. The van der Waals surface area contributed by atoms with E-state index in [2.05, 4.69) is 26.2 Å². The van der Waals surface area contributed by atoms with Crippen molar-refractivity contribution in [2.45, 2.75) is 51.7 Å². The average molecular weight is 637 g/mol. The van der Waals surface area contributed by atoms with E-state index < -0.39 is 54.1 Å². The molecule has 3 atom stereocenters. The molecular formula is C33H44N6O7. The summed E-state index contributed by atoms with van der Waals surface area (Å²) in [5.74, 6) is -2.63. The summed E-state index contributed by atoms with van der Waals surface area (Å²) >= 11 is 0. The summed E-state index contributed by atoms with van der Waals surface area (Å²) in [5.41, 5.74) is 0.826. The highest BCUT2D eigenvalue weighted by Crippen LogP contribution is 2.19. The highest BCUT2D eigenvalue weighted by Gasteiger charge is 2.34. The van der Waals surface area contributed by atoms with E-state index in [4.69, 9.17) is 4.74 Å². The standard InChI is InChI=1S/C33H44N6O7/c1-4-38-14-16-39(17-15-38)33(45)26-20-28(41)35-25(19-22-9-11-23(40)12-10-22)31(43)37-29(21(2)3)32(44)34-13-18-46-27-8-6-5-7-24(27)30(42)36-26/h5-12,21,25-26,29,40H,4,13-20H2,1-3H3,(H,34,44)(H,35,41)(H,36,42)(H,37,43)/t25-,26-,29+/m0/s1. The molecule has 0 aromatic heterocycles. The molecule has 5 N–H and O–H groups in total. The summed E-state index contributed by atoms with van der Waals surface area (Å²) in [5, 5.41) is 20.8. The van der Waals surface area contributed by atoms with Gasteiger partial charge in [0.05, 0.1) is 18.5 Å². The maximum absolute atomic E-state index is 13.8. The fourth-order valence-electron chi connectivity index (χ4n) is 5.47. The van der Waals surface area contributed by atoms with Gasteiger partial charge < -0.3 is 40.9 Å². The van der Waals surface area contributed by atoms with Crippen LogP contribution in [0.1, 0.15) is 43.1 Å². The van der Waals surface area contributed by atoms with Crippen LogP contribution in [0.15, 0.2) is 48.5 Å². The highest BCUT2D eigenvalue weighted by molar-refractivity contribution is 6.01. The minimum atomic E-state index is -1.21. The Kier molecular flexibility index (Phi) is 12.0. The second kappa shape index (κ2) is 16.1. The molecule has 5 amide bonds. The van der Waals surface area contributed by atoms with Crippen LogP contribution in [-0.2, 0) is 25.6 Å². The van der Waals surface area contributed by atoms with Crippen LogP contribution in [-0.4, -0.2) is 108 Å². The van der Waals surface area contributed by atoms with Crippen molar-refractivity contribution >= 4 is 29.5 Å². The predicted molar refractivity (Wildman–Crippen MR) is 170 cm³/mol. The zero-order valence-corrected chi connectivity index (χ0v) is 26.6. The van der Waals surface area contributed by atoms with Crippen LogP contribution in [0.3, 0.4) is 0 Å². The van der Waals surface area contributed by atoms with Crippen molar-refractivity contribution in [3.8, 4) is 11.5 Å². The van der Waals surface area contributed by atoms with Gasteiger partial charge in [-0.25, -0.2) is 0 Å². The van der Waals surface area contributed by atoms with Gasteiger partial charge in [0.15, 0.2) is 0 Å². The van der Waals surface area contributed by atoms with Crippen LogP contribution in [0.25, 0.3) is 0 Å². The number of piperazine rings is 1. The summed E-state index contributed by atoms with van der Waals surface area (Å²) < 4.78 is 5.84. The van der Waals surface area contributed by atoms with Gasteiger partial charge in [-0.1, -0.05) is 45.0 Å². The average Bonchev–Trinajstić information content (AvgIpc) is 3.05. The Morgan fingerprint density at radius 2 is 1.63 bits per heavy atom. The first-order chi connectivity index (χ1) is 22.0. The second-order valence-corrected chi connectivity index (χ2v) is 11.8. The number of aromatic hydroxyl groups is 1. The number of nitrogens with zero attached hydrogens (tertiary/aromatic N) is 2. The number of phenolic OH excluding ortho intramolecular Hbond substituents is 1. The van der Waals surface area contributed by atoms with Gasteiger partial charge in [0.2, 0.25) is 23.6 Å². The molecule has 1 saturated heterocycles. The molecule has 0 bridgehead atoms. The van der Waals surface area contributed by atoms with Crippen molar-refractivity contribution in [3.63, 3.8) is 0 Å². The molecule has 0 aliphatic carbocycles. The topological polar surface area (TPSA) is 169 Å². The van der Waals surface area contributed by atoms with Crippen LogP contribution in [0.5, 0.6) is 11.5 Å². The summed E-state index contributed by atoms with van der Waals surface area (Å²) in [6.45, 7) is 8.87. The number of carbonyl (C=O) groups excluding carboxylic acids is 5. The lowest BCUT2D eigenvalue weighted by molar-refractivity contribution is -0.138. The first-order valence-electron chi connectivity index (χ1n) is 15.7. The number of hydrogen-bond donors (Lipinski definition) is 5. The fraction of sp³-hybridized carbons (Fsp3) is 0.485. The second-order valence-electron chi connectivity index (χ2n) is 11.8. The van der Waals surface area contributed by atoms with Crippen molar-refractivity contribution in [1.29, 1.82) is 0 Å². The molecule has 0 saturated carbocycles. The molecule has 2 aliphatic rings. The number of para-hydroxylation sites is 1. The van der Waals surface area contributed by atoms with Crippen molar-refractivity contribution in [2.75, 3.05) is 45.9 Å². The van der Waals surface area contributed by atoms with E-state index in [-0.39, 0.29) is 42.6 Å².